The van der Waals surface area contributed by atoms with Crippen LogP contribution >= 0.6 is 23.2 Å². The lowest BCUT2D eigenvalue weighted by molar-refractivity contribution is -0.126. The number of hydrogen-bond acceptors (Lipinski definition) is 3. The zero-order chi connectivity index (χ0) is 16.3. The SMILES string of the molecule is C[C@@H]1CN(CC(=O)N[C@@H](C)c2ccc(Cl)cc2Cl)C[C@@H](C)O1. The smallest absolute Gasteiger partial charge is 0.234 e. The van der Waals surface area contributed by atoms with Gasteiger partial charge in [-0.15, -0.1) is 0 Å². The van der Waals surface area contributed by atoms with Gasteiger partial charge in [-0.3, -0.25) is 9.69 Å². The Balaban J connectivity index is 1.91. The van der Waals surface area contributed by atoms with Crippen molar-refractivity contribution in [2.24, 2.45) is 0 Å². The predicted octanol–water partition coefficient (Wildman–Crippen LogP) is 3.28. The maximum atomic E-state index is 12.2. The van der Waals surface area contributed by atoms with Crippen molar-refractivity contribution in [3.8, 4) is 0 Å². The molecule has 22 heavy (non-hydrogen) atoms. The standard InChI is InChI=1S/C16H22Cl2N2O2/c1-10-7-20(8-11(2)22-10)9-16(21)19-12(3)14-5-4-13(17)6-15(14)18/h4-6,10-12H,7-9H2,1-3H3,(H,19,21)/t10-,11-,12+/m1/s1. The average Bonchev–Trinajstić information content (AvgIpc) is 2.36. The molecule has 0 unspecified atom stereocenters. The second-order valence-electron chi connectivity index (χ2n) is 5.91. The van der Waals surface area contributed by atoms with Gasteiger partial charge in [0.05, 0.1) is 24.8 Å². The van der Waals surface area contributed by atoms with E-state index in [4.69, 9.17) is 27.9 Å². The zero-order valence-corrected chi connectivity index (χ0v) is 14.6. The van der Waals surface area contributed by atoms with Crippen LogP contribution in [0.3, 0.4) is 0 Å². The molecular formula is C16H22Cl2N2O2. The summed E-state index contributed by atoms with van der Waals surface area (Å²) in [5.74, 6) is -0.0141. The number of benzene rings is 1. The van der Waals surface area contributed by atoms with Crippen LogP contribution in [0.15, 0.2) is 18.2 Å². The van der Waals surface area contributed by atoms with Gasteiger partial charge in [-0.2, -0.15) is 0 Å². The van der Waals surface area contributed by atoms with E-state index >= 15 is 0 Å². The van der Waals surface area contributed by atoms with Crippen LogP contribution in [0, 0.1) is 0 Å². The fourth-order valence-corrected chi connectivity index (χ4v) is 3.41. The summed E-state index contributed by atoms with van der Waals surface area (Å²) in [5.41, 5.74) is 0.864. The summed E-state index contributed by atoms with van der Waals surface area (Å²) in [5, 5.41) is 4.13. The normalized spacial score (nSPS) is 24.0. The summed E-state index contributed by atoms with van der Waals surface area (Å²) in [6.45, 7) is 7.88. The van der Waals surface area contributed by atoms with Crippen molar-refractivity contribution in [2.45, 2.75) is 39.0 Å². The van der Waals surface area contributed by atoms with Crippen molar-refractivity contribution in [3.05, 3.63) is 33.8 Å². The molecule has 3 atom stereocenters. The second kappa shape index (κ2) is 7.64. The number of amides is 1. The Morgan fingerprint density at radius 2 is 2.00 bits per heavy atom. The summed E-state index contributed by atoms with van der Waals surface area (Å²) in [7, 11) is 0. The maximum Gasteiger partial charge on any atom is 0.234 e. The molecule has 4 nitrogen and oxygen atoms in total. The third kappa shape index (κ3) is 4.85. The molecule has 1 saturated heterocycles. The van der Waals surface area contributed by atoms with Gasteiger partial charge in [0.15, 0.2) is 0 Å². The summed E-state index contributed by atoms with van der Waals surface area (Å²) in [4.78, 5) is 14.3. The van der Waals surface area contributed by atoms with Crippen LogP contribution in [0.5, 0.6) is 0 Å². The molecule has 0 aliphatic carbocycles. The van der Waals surface area contributed by atoms with E-state index in [1.165, 1.54) is 0 Å². The largest absolute Gasteiger partial charge is 0.373 e. The zero-order valence-electron chi connectivity index (χ0n) is 13.1. The lowest BCUT2D eigenvalue weighted by atomic mass is 10.1. The monoisotopic (exact) mass is 344 g/mol. The van der Waals surface area contributed by atoms with Crippen molar-refractivity contribution in [2.75, 3.05) is 19.6 Å². The number of halogens is 2. The Kier molecular flexibility index (Phi) is 6.09. The van der Waals surface area contributed by atoms with Crippen molar-refractivity contribution >= 4 is 29.1 Å². The second-order valence-corrected chi connectivity index (χ2v) is 6.75. The molecule has 1 heterocycles. The Morgan fingerprint density at radius 1 is 1.36 bits per heavy atom. The van der Waals surface area contributed by atoms with Gasteiger partial charge < -0.3 is 10.1 Å². The first kappa shape index (κ1) is 17.5. The van der Waals surface area contributed by atoms with Gasteiger partial charge in [0, 0.05) is 23.1 Å². The Morgan fingerprint density at radius 3 is 2.59 bits per heavy atom. The van der Waals surface area contributed by atoms with Crippen molar-refractivity contribution in [1.29, 1.82) is 0 Å². The molecule has 0 radical (unpaired) electrons. The molecule has 0 saturated carbocycles. The van der Waals surface area contributed by atoms with Crippen LogP contribution < -0.4 is 5.32 Å². The van der Waals surface area contributed by atoms with Gasteiger partial charge in [-0.25, -0.2) is 0 Å². The molecular weight excluding hydrogens is 323 g/mol. The molecule has 1 aromatic carbocycles. The van der Waals surface area contributed by atoms with Gasteiger partial charge in [0.2, 0.25) is 5.91 Å². The van der Waals surface area contributed by atoms with E-state index in [-0.39, 0.29) is 24.2 Å². The van der Waals surface area contributed by atoms with Gasteiger partial charge in [0.25, 0.3) is 0 Å². The molecule has 1 aliphatic heterocycles. The van der Waals surface area contributed by atoms with Crippen molar-refractivity contribution in [1.82, 2.24) is 10.2 Å². The van der Waals surface area contributed by atoms with Crippen LogP contribution in [0.25, 0.3) is 0 Å². The number of hydrogen-bond donors (Lipinski definition) is 1. The number of nitrogens with one attached hydrogen (secondary N) is 1. The number of nitrogens with zero attached hydrogens (tertiary/aromatic N) is 1. The van der Waals surface area contributed by atoms with Gasteiger partial charge in [-0.05, 0) is 38.5 Å². The summed E-state index contributed by atoms with van der Waals surface area (Å²) < 4.78 is 5.67. The Bertz CT molecular complexity index is 529. The first-order valence-corrected chi connectivity index (χ1v) is 8.23. The molecule has 122 valence electrons. The molecule has 1 amide bonds. The molecule has 1 aliphatic rings. The van der Waals surface area contributed by atoms with Gasteiger partial charge in [0.1, 0.15) is 0 Å². The van der Waals surface area contributed by atoms with Crippen molar-refractivity contribution in [3.63, 3.8) is 0 Å². The first-order chi connectivity index (χ1) is 10.3. The van der Waals surface area contributed by atoms with E-state index in [1.807, 2.05) is 26.8 Å². The number of carbonyl (C=O) groups excluding carboxylic acids is 1. The quantitative estimate of drug-likeness (QED) is 0.911. The topological polar surface area (TPSA) is 41.6 Å². The molecule has 1 N–H and O–H groups in total. The van der Waals surface area contributed by atoms with E-state index in [0.717, 1.165) is 18.7 Å². The minimum absolute atomic E-state index is 0.0141. The molecule has 1 aromatic rings. The molecule has 0 aromatic heterocycles. The summed E-state index contributed by atoms with van der Waals surface area (Å²) in [6, 6.07) is 5.14. The highest BCUT2D eigenvalue weighted by atomic mass is 35.5. The summed E-state index contributed by atoms with van der Waals surface area (Å²) >= 11 is 12.1. The highest BCUT2D eigenvalue weighted by Gasteiger charge is 2.24. The Labute approximate surface area is 141 Å². The number of morpholine rings is 1. The molecule has 6 heteroatoms. The number of carbonyl (C=O) groups is 1. The average molecular weight is 345 g/mol. The Hall–Kier alpha value is -0.810. The first-order valence-electron chi connectivity index (χ1n) is 7.47. The molecule has 0 spiro atoms. The van der Waals surface area contributed by atoms with Crippen molar-refractivity contribution < 1.29 is 9.53 Å². The fourth-order valence-electron chi connectivity index (χ4n) is 2.83. The molecule has 2 rings (SSSR count). The molecule has 1 fully saturated rings. The van der Waals surface area contributed by atoms with Crippen LogP contribution in [-0.2, 0) is 9.53 Å². The third-order valence-corrected chi connectivity index (χ3v) is 4.23. The fraction of sp³-hybridized carbons (Fsp3) is 0.562. The van der Waals surface area contributed by atoms with Crippen LogP contribution in [0.4, 0.5) is 0 Å². The van der Waals surface area contributed by atoms with Crippen LogP contribution in [0.2, 0.25) is 10.0 Å². The predicted molar refractivity (Wildman–Crippen MR) is 89.5 cm³/mol. The van der Waals surface area contributed by atoms with E-state index in [0.29, 0.717) is 16.6 Å². The van der Waals surface area contributed by atoms with Crippen LogP contribution in [0.1, 0.15) is 32.4 Å². The van der Waals surface area contributed by atoms with E-state index in [1.54, 1.807) is 12.1 Å². The van der Waals surface area contributed by atoms with E-state index < -0.39 is 0 Å². The highest BCUT2D eigenvalue weighted by Crippen LogP contribution is 2.26. The van der Waals surface area contributed by atoms with E-state index in [2.05, 4.69) is 10.2 Å². The van der Waals surface area contributed by atoms with Crippen LogP contribution in [-0.4, -0.2) is 42.6 Å². The molecule has 0 bridgehead atoms. The van der Waals surface area contributed by atoms with Gasteiger partial charge >= 0.3 is 0 Å². The lowest BCUT2D eigenvalue weighted by Crippen LogP contribution is -2.49. The lowest BCUT2D eigenvalue weighted by Gasteiger charge is -2.35. The number of ether oxygens (including phenoxy) is 1. The minimum atomic E-state index is -0.159. The van der Waals surface area contributed by atoms with Gasteiger partial charge in [-0.1, -0.05) is 29.3 Å². The van der Waals surface area contributed by atoms with E-state index in [9.17, 15) is 4.79 Å². The third-order valence-electron chi connectivity index (χ3n) is 3.67. The summed E-state index contributed by atoms with van der Waals surface area (Å²) in [6.07, 6.45) is 0.305. The minimum Gasteiger partial charge on any atom is -0.373 e. The highest BCUT2D eigenvalue weighted by molar-refractivity contribution is 6.35. The number of rotatable bonds is 4. The maximum absolute atomic E-state index is 12.2.